The lowest BCUT2D eigenvalue weighted by molar-refractivity contribution is -0.117. The van der Waals surface area contributed by atoms with Crippen LogP contribution in [0.2, 0.25) is 0 Å². The summed E-state index contributed by atoms with van der Waals surface area (Å²) in [5.74, 6) is 0.135. The van der Waals surface area contributed by atoms with Crippen LogP contribution in [0, 0.1) is 13.8 Å². The van der Waals surface area contributed by atoms with Crippen LogP contribution in [0.3, 0.4) is 0 Å². The SMILES string of the molecule is CC(=O)CCCCn1c(=O)c(C)c(C)n(C)c1=O. The number of hydrogen-bond donors (Lipinski definition) is 0. The van der Waals surface area contributed by atoms with Gasteiger partial charge in [-0.25, -0.2) is 4.79 Å². The smallest absolute Gasteiger partial charge is 0.301 e. The summed E-state index contributed by atoms with van der Waals surface area (Å²) in [5.41, 5.74) is 0.790. The minimum absolute atomic E-state index is 0.135. The summed E-state index contributed by atoms with van der Waals surface area (Å²) >= 11 is 0. The second-order valence-corrected chi connectivity index (χ2v) is 4.67. The fourth-order valence-corrected chi connectivity index (χ4v) is 1.86. The van der Waals surface area contributed by atoms with Crippen molar-refractivity contribution in [3.8, 4) is 0 Å². The van der Waals surface area contributed by atoms with E-state index >= 15 is 0 Å². The van der Waals surface area contributed by atoms with E-state index in [1.165, 1.54) is 9.13 Å². The third kappa shape index (κ3) is 2.97. The van der Waals surface area contributed by atoms with Crippen molar-refractivity contribution in [3.63, 3.8) is 0 Å². The molecule has 0 bridgehead atoms. The first-order valence-electron chi connectivity index (χ1n) is 6.12. The quantitative estimate of drug-likeness (QED) is 0.732. The molecule has 0 N–H and O–H groups in total. The van der Waals surface area contributed by atoms with Crippen LogP contribution in [0.5, 0.6) is 0 Å². The highest BCUT2D eigenvalue weighted by atomic mass is 16.2. The molecule has 0 saturated carbocycles. The maximum Gasteiger partial charge on any atom is 0.330 e. The Hall–Kier alpha value is -1.65. The van der Waals surface area contributed by atoms with Gasteiger partial charge in [0.25, 0.3) is 5.56 Å². The summed E-state index contributed by atoms with van der Waals surface area (Å²) in [6.07, 6.45) is 1.87. The molecular weight excluding hydrogens is 232 g/mol. The Labute approximate surface area is 106 Å². The summed E-state index contributed by atoms with van der Waals surface area (Å²) in [6, 6.07) is 0. The Morgan fingerprint density at radius 2 is 1.78 bits per heavy atom. The zero-order chi connectivity index (χ0) is 13.9. The number of rotatable bonds is 5. The zero-order valence-electron chi connectivity index (χ0n) is 11.4. The van der Waals surface area contributed by atoms with E-state index in [1.807, 2.05) is 0 Å². The van der Waals surface area contributed by atoms with E-state index in [1.54, 1.807) is 27.8 Å². The summed E-state index contributed by atoms with van der Waals surface area (Å²) in [5, 5.41) is 0. The lowest BCUT2D eigenvalue weighted by Gasteiger charge is -2.11. The van der Waals surface area contributed by atoms with E-state index in [9.17, 15) is 14.4 Å². The Kier molecular flexibility index (Phi) is 4.64. The second kappa shape index (κ2) is 5.80. The van der Waals surface area contributed by atoms with Crippen LogP contribution >= 0.6 is 0 Å². The van der Waals surface area contributed by atoms with Crippen LogP contribution in [0.15, 0.2) is 9.59 Å². The highest BCUT2D eigenvalue weighted by molar-refractivity contribution is 5.75. The van der Waals surface area contributed by atoms with E-state index in [-0.39, 0.29) is 17.0 Å². The summed E-state index contributed by atoms with van der Waals surface area (Å²) < 4.78 is 2.74. The highest BCUT2D eigenvalue weighted by Crippen LogP contribution is 1.99. The van der Waals surface area contributed by atoms with Gasteiger partial charge in [-0.15, -0.1) is 0 Å². The fourth-order valence-electron chi connectivity index (χ4n) is 1.86. The standard InChI is InChI=1S/C13H20N2O3/c1-9(16)7-5-6-8-15-12(17)10(2)11(3)14(4)13(15)18/h5-8H2,1-4H3. The van der Waals surface area contributed by atoms with Crippen LogP contribution in [0.4, 0.5) is 0 Å². The molecule has 1 aromatic rings. The van der Waals surface area contributed by atoms with Crippen LogP contribution in [-0.2, 0) is 18.4 Å². The average molecular weight is 252 g/mol. The van der Waals surface area contributed by atoms with Crippen molar-refractivity contribution in [2.24, 2.45) is 7.05 Å². The van der Waals surface area contributed by atoms with E-state index in [4.69, 9.17) is 0 Å². The van der Waals surface area contributed by atoms with E-state index in [2.05, 4.69) is 0 Å². The molecule has 0 radical (unpaired) electrons. The molecule has 0 aliphatic carbocycles. The molecule has 100 valence electrons. The van der Waals surface area contributed by atoms with Crippen molar-refractivity contribution in [3.05, 3.63) is 32.1 Å². The molecule has 18 heavy (non-hydrogen) atoms. The third-order valence-electron chi connectivity index (χ3n) is 3.29. The first kappa shape index (κ1) is 14.4. The number of aromatic nitrogens is 2. The van der Waals surface area contributed by atoms with Crippen molar-refractivity contribution in [1.29, 1.82) is 0 Å². The first-order valence-corrected chi connectivity index (χ1v) is 6.12. The molecule has 0 unspecified atom stereocenters. The van der Waals surface area contributed by atoms with Gasteiger partial charge in [0.2, 0.25) is 0 Å². The molecule has 1 rings (SSSR count). The molecule has 1 heterocycles. The van der Waals surface area contributed by atoms with E-state index in [0.717, 1.165) is 0 Å². The van der Waals surface area contributed by atoms with Gasteiger partial charge in [-0.3, -0.25) is 9.36 Å². The Balaban J connectivity index is 2.94. The summed E-state index contributed by atoms with van der Waals surface area (Å²) in [4.78, 5) is 34.7. The maximum absolute atomic E-state index is 12.0. The van der Waals surface area contributed by atoms with Gasteiger partial charge < -0.3 is 9.36 Å². The molecule has 5 nitrogen and oxygen atoms in total. The molecule has 5 heteroatoms. The number of ketones is 1. The number of nitrogens with zero attached hydrogens (tertiary/aromatic N) is 2. The molecule has 0 atom stereocenters. The zero-order valence-corrected chi connectivity index (χ0v) is 11.4. The summed E-state index contributed by atoms with van der Waals surface area (Å²) in [6.45, 7) is 5.41. The monoisotopic (exact) mass is 252 g/mol. The predicted octanol–water partition coefficient (Wildman–Crippen LogP) is 0.923. The lowest BCUT2D eigenvalue weighted by atomic mass is 10.2. The number of carbonyl (C=O) groups is 1. The Morgan fingerprint density at radius 1 is 1.17 bits per heavy atom. The van der Waals surface area contributed by atoms with Crippen LogP contribution in [-0.4, -0.2) is 14.9 Å². The highest BCUT2D eigenvalue weighted by Gasteiger charge is 2.10. The van der Waals surface area contributed by atoms with Crippen molar-refractivity contribution in [2.45, 2.75) is 46.6 Å². The number of hydrogen-bond acceptors (Lipinski definition) is 3. The van der Waals surface area contributed by atoms with Gasteiger partial charge in [-0.1, -0.05) is 0 Å². The van der Waals surface area contributed by atoms with E-state index < -0.39 is 0 Å². The predicted molar refractivity (Wildman–Crippen MR) is 69.9 cm³/mol. The molecule has 0 fully saturated rings. The third-order valence-corrected chi connectivity index (χ3v) is 3.29. The topological polar surface area (TPSA) is 61.1 Å². The van der Waals surface area contributed by atoms with Crippen molar-refractivity contribution in [1.82, 2.24) is 9.13 Å². The number of unbranched alkanes of at least 4 members (excludes halogenated alkanes) is 1. The van der Waals surface area contributed by atoms with Gasteiger partial charge in [0, 0.05) is 31.3 Å². The molecule has 1 aromatic heterocycles. The number of carbonyl (C=O) groups excluding carboxylic acids is 1. The fraction of sp³-hybridized carbons (Fsp3) is 0.615. The molecule has 0 aromatic carbocycles. The largest absolute Gasteiger partial charge is 0.330 e. The van der Waals surface area contributed by atoms with Gasteiger partial charge >= 0.3 is 5.69 Å². The molecular formula is C13H20N2O3. The average Bonchev–Trinajstić information content (AvgIpc) is 2.32. The van der Waals surface area contributed by atoms with Gasteiger partial charge in [0.15, 0.2) is 0 Å². The minimum Gasteiger partial charge on any atom is -0.301 e. The molecule has 0 aliphatic heterocycles. The Morgan fingerprint density at radius 3 is 2.33 bits per heavy atom. The number of Topliss-reactive ketones (excluding diaryl/α,β-unsaturated/α-hetero) is 1. The van der Waals surface area contributed by atoms with Gasteiger partial charge in [-0.2, -0.15) is 0 Å². The van der Waals surface area contributed by atoms with Crippen LogP contribution < -0.4 is 11.2 Å². The second-order valence-electron chi connectivity index (χ2n) is 4.67. The van der Waals surface area contributed by atoms with Gasteiger partial charge in [0.1, 0.15) is 5.78 Å². The van der Waals surface area contributed by atoms with Gasteiger partial charge in [-0.05, 0) is 33.6 Å². The van der Waals surface area contributed by atoms with Crippen LogP contribution in [0.25, 0.3) is 0 Å². The van der Waals surface area contributed by atoms with Gasteiger partial charge in [0.05, 0.1) is 0 Å². The lowest BCUT2D eigenvalue weighted by Crippen LogP contribution is -2.41. The van der Waals surface area contributed by atoms with Crippen molar-refractivity contribution in [2.75, 3.05) is 0 Å². The van der Waals surface area contributed by atoms with Crippen LogP contribution in [0.1, 0.15) is 37.4 Å². The normalized spacial score (nSPS) is 10.7. The Bertz CT molecular complexity index is 530. The van der Waals surface area contributed by atoms with Crippen molar-refractivity contribution >= 4 is 5.78 Å². The molecule has 0 saturated heterocycles. The maximum atomic E-state index is 12.0. The molecule has 0 aliphatic rings. The van der Waals surface area contributed by atoms with Crippen molar-refractivity contribution < 1.29 is 4.79 Å². The first-order chi connectivity index (χ1) is 8.36. The summed E-state index contributed by atoms with van der Waals surface area (Å²) in [7, 11) is 1.66. The molecule has 0 amide bonds. The van der Waals surface area contributed by atoms with E-state index in [0.29, 0.717) is 37.1 Å². The minimum atomic E-state index is -0.286. The molecule has 0 spiro atoms.